The normalized spacial score (nSPS) is 15.1. The Morgan fingerprint density at radius 3 is 2.29 bits per heavy atom. The quantitative estimate of drug-likeness (QED) is 0.867. The molecule has 0 N–H and O–H groups in total. The van der Waals surface area contributed by atoms with Crippen molar-refractivity contribution in [3.05, 3.63) is 65.6 Å². The Hall–Kier alpha value is -1.72. The molecule has 1 aliphatic rings. The summed E-state index contributed by atoms with van der Waals surface area (Å²) in [6.45, 7) is 0. The van der Waals surface area contributed by atoms with Crippen LogP contribution in [-0.4, -0.2) is 20.6 Å². The summed E-state index contributed by atoms with van der Waals surface area (Å²) in [7, 11) is -3.15. The number of benzene rings is 2. The van der Waals surface area contributed by atoms with E-state index in [1.54, 1.807) is 23.9 Å². The van der Waals surface area contributed by atoms with Gasteiger partial charge in [0.25, 0.3) is 0 Å². The van der Waals surface area contributed by atoms with Gasteiger partial charge in [-0.3, -0.25) is 0 Å². The fourth-order valence-corrected chi connectivity index (χ4v) is 3.81. The van der Waals surface area contributed by atoms with Crippen molar-refractivity contribution in [2.75, 3.05) is 17.0 Å². The van der Waals surface area contributed by atoms with Gasteiger partial charge in [-0.1, -0.05) is 30.3 Å². The van der Waals surface area contributed by atoms with Crippen LogP contribution in [0.1, 0.15) is 5.56 Å². The minimum absolute atomic E-state index is 0.351. The summed E-state index contributed by atoms with van der Waals surface area (Å²) in [5, 5.41) is 2.11. The lowest BCUT2D eigenvalue weighted by Gasteiger charge is -2.22. The van der Waals surface area contributed by atoms with Gasteiger partial charge in [0.2, 0.25) is 0 Å². The minimum atomic E-state index is -3.15. The predicted molar refractivity (Wildman–Crippen MR) is 88.9 cm³/mol. The van der Waals surface area contributed by atoms with Gasteiger partial charge < -0.3 is 4.90 Å². The Labute approximate surface area is 129 Å². The zero-order chi connectivity index (χ0) is 14.9. The van der Waals surface area contributed by atoms with Gasteiger partial charge in [-0.05, 0) is 35.2 Å². The average Bonchev–Trinajstić information content (AvgIpc) is 2.97. The molecule has 0 fully saturated rings. The first kappa shape index (κ1) is 14.2. The molecule has 0 saturated heterocycles. The molecule has 2 aromatic rings. The van der Waals surface area contributed by atoms with Crippen molar-refractivity contribution < 1.29 is 8.42 Å². The lowest BCUT2D eigenvalue weighted by atomic mass is 10.1. The largest absolute Gasteiger partial charge is 0.330 e. The summed E-state index contributed by atoms with van der Waals surface area (Å²) in [6.07, 6.45) is 1.23. The molecule has 1 heterocycles. The fraction of sp³-hybridized carbons (Fsp3) is 0.125. The third kappa shape index (κ3) is 2.99. The first-order valence-corrected chi connectivity index (χ1v) is 9.44. The highest BCUT2D eigenvalue weighted by atomic mass is 32.2. The monoisotopic (exact) mass is 317 g/mol. The molecule has 3 nitrogen and oxygen atoms in total. The molecular weight excluding hydrogens is 302 g/mol. The van der Waals surface area contributed by atoms with E-state index < -0.39 is 9.84 Å². The van der Waals surface area contributed by atoms with Crippen LogP contribution in [0.25, 0.3) is 5.70 Å². The Morgan fingerprint density at radius 1 is 1.00 bits per heavy atom. The van der Waals surface area contributed by atoms with E-state index in [-0.39, 0.29) is 0 Å². The number of hydrogen-bond donors (Lipinski definition) is 0. The molecular formula is C16H15NO2S2. The summed E-state index contributed by atoms with van der Waals surface area (Å²) in [6, 6.07) is 17.2. The Balaban J connectivity index is 1.93. The summed E-state index contributed by atoms with van der Waals surface area (Å²) in [4.78, 5) is 2.57. The highest BCUT2D eigenvalue weighted by molar-refractivity contribution is 8.02. The standard InChI is InChI=1S/C16H15NO2S2/c1-21(18,19)15-9-7-13(8-10-15)16-11-20-12-17(16)14-5-3-2-4-6-14/h2-11H,12H2,1H3. The first-order chi connectivity index (χ1) is 10.1. The maximum atomic E-state index is 11.5. The molecule has 0 unspecified atom stereocenters. The van der Waals surface area contributed by atoms with Crippen LogP contribution in [0.15, 0.2) is 64.9 Å². The van der Waals surface area contributed by atoms with Gasteiger partial charge >= 0.3 is 0 Å². The SMILES string of the molecule is CS(=O)(=O)c1ccc(C2=CSCN2c2ccccc2)cc1. The van der Waals surface area contributed by atoms with E-state index >= 15 is 0 Å². The minimum Gasteiger partial charge on any atom is -0.330 e. The molecule has 0 saturated carbocycles. The van der Waals surface area contributed by atoms with Crippen molar-refractivity contribution >= 4 is 33.0 Å². The van der Waals surface area contributed by atoms with Crippen molar-refractivity contribution in [1.29, 1.82) is 0 Å². The molecule has 0 bridgehead atoms. The van der Waals surface area contributed by atoms with E-state index in [0.29, 0.717) is 4.90 Å². The highest BCUT2D eigenvalue weighted by Crippen LogP contribution is 2.35. The van der Waals surface area contributed by atoms with Gasteiger partial charge in [0.1, 0.15) is 0 Å². The highest BCUT2D eigenvalue weighted by Gasteiger charge is 2.19. The van der Waals surface area contributed by atoms with Crippen molar-refractivity contribution in [1.82, 2.24) is 0 Å². The van der Waals surface area contributed by atoms with Gasteiger partial charge in [-0.15, -0.1) is 11.8 Å². The van der Waals surface area contributed by atoms with Gasteiger partial charge in [-0.2, -0.15) is 0 Å². The summed E-state index contributed by atoms with van der Waals surface area (Å²) < 4.78 is 23.0. The summed E-state index contributed by atoms with van der Waals surface area (Å²) in [5.41, 5.74) is 3.27. The van der Waals surface area contributed by atoms with Crippen LogP contribution in [0.3, 0.4) is 0 Å². The molecule has 5 heteroatoms. The van der Waals surface area contributed by atoms with Crippen LogP contribution >= 0.6 is 11.8 Å². The zero-order valence-corrected chi connectivity index (χ0v) is 13.2. The Morgan fingerprint density at radius 2 is 1.67 bits per heavy atom. The number of anilines is 1. The lowest BCUT2D eigenvalue weighted by molar-refractivity contribution is 0.602. The van der Waals surface area contributed by atoms with E-state index in [2.05, 4.69) is 22.4 Å². The Bertz CT molecular complexity index is 766. The molecule has 108 valence electrons. The zero-order valence-electron chi connectivity index (χ0n) is 11.6. The number of nitrogens with zero attached hydrogens (tertiary/aromatic N) is 1. The van der Waals surface area contributed by atoms with Crippen molar-refractivity contribution in [2.45, 2.75) is 4.90 Å². The maximum Gasteiger partial charge on any atom is 0.175 e. The van der Waals surface area contributed by atoms with Gasteiger partial charge in [0, 0.05) is 11.9 Å². The second-order valence-corrected chi connectivity index (χ2v) is 7.70. The van der Waals surface area contributed by atoms with Crippen LogP contribution in [0.2, 0.25) is 0 Å². The molecule has 3 rings (SSSR count). The maximum absolute atomic E-state index is 11.5. The third-order valence-corrected chi connectivity index (χ3v) is 5.26. The van der Waals surface area contributed by atoms with Crippen molar-refractivity contribution in [3.63, 3.8) is 0 Å². The number of sulfone groups is 1. The summed E-state index contributed by atoms with van der Waals surface area (Å²) >= 11 is 1.74. The van der Waals surface area contributed by atoms with E-state index in [0.717, 1.165) is 22.8 Å². The second-order valence-electron chi connectivity index (χ2n) is 4.86. The van der Waals surface area contributed by atoms with Crippen molar-refractivity contribution in [2.24, 2.45) is 0 Å². The fourth-order valence-electron chi connectivity index (χ4n) is 2.24. The molecule has 21 heavy (non-hydrogen) atoms. The second kappa shape index (κ2) is 5.58. The lowest BCUT2D eigenvalue weighted by Crippen LogP contribution is -2.16. The van der Waals surface area contributed by atoms with Crippen LogP contribution in [0.5, 0.6) is 0 Å². The Kier molecular flexibility index (Phi) is 3.78. The molecule has 1 aliphatic heterocycles. The van der Waals surface area contributed by atoms with Gasteiger partial charge in [0.15, 0.2) is 9.84 Å². The predicted octanol–water partition coefficient (Wildman–Crippen LogP) is 3.60. The third-order valence-electron chi connectivity index (χ3n) is 3.34. The number of para-hydroxylation sites is 1. The molecule has 0 spiro atoms. The van der Waals surface area contributed by atoms with Crippen LogP contribution in [0, 0.1) is 0 Å². The van der Waals surface area contributed by atoms with Crippen molar-refractivity contribution in [3.8, 4) is 0 Å². The van der Waals surface area contributed by atoms with E-state index in [9.17, 15) is 8.42 Å². The molecule has 0 atom stereocenters. The topological polar surface area (TPSA) is 37.4 Å². The molecule has 0 radical (unpaired) electrons. The molecule has 0 aromatic heterocycles. The smallest absolute Gasteiger partial charge is 0.175 e. The van der Waals surface area contributed by atoms with E-state index in [4.69, 9.17) is 0 Å². The van der Waals surface area contributed by atoms with Gasteiger partial charge in [0.05, 0.1) is 16.5 Å². The number of thioether (sulfide) groups is 1. The van der Waals surface area contributed by atoms with Crippen LogP contribution < -0.4 is 4.90 Å². The molecule has 2 aromatic carbocycles. The first-order valence-electron chi connectivity index (χ1n) is 6.50. The van der Waals surface area contributed by atoms with E-state index in [1.165, 1.54) is 6.26 Å². The van der Waals surface area contributed by atoms with Gasteiger partial charge in [-0.25, -0.2) is 8.42 Å². The van der Waals surface area contributed by atoms with Crippen LogP contribution in [-0.2, 0) is 9.84 Å². The van der Waals surface area contributed by atoms with E-state index in [1.807, 2.05) is 30.3 Å². The molecule has 0 amide bonds. The molecule has 0 aliphatic carbocycles. The number of rotatable bonds is 3. The van der Waals surface area contributed by atoms with Crippen LogP contribution in [0.4, 0.5) is 5.69 Å². The summed E-state index contributed by atoms with van der Waals surface area (Å²) in [5.74, 6) is 0.868. The number of hydrogen-bond acceptors (Lipinski definition) is 4. The average molecular weight is 317 g/mol.